The van der Waals surface area contributed by atoms with Gasteiger partial charge in [-0.1, -0.05) is 6.92 Å². The van der Waals surface area contributed by atoms with Crippen molar-refractivity contribution in [3.05, 3.63) is 0 Å². The van der Waals surface area contributed by atoms with Gasteiger partial charge in [-0.05, 0) is 80.3 Å². The molecule has 2 heteroatoms. The van der Waals surface area contributed by atoms with Crippen LogP contribution in [0.5, 0.6) is 0 Å². The van der Waals surface area contributed by atoms with Gasteiger partial charge in [0.1, 0.15) is 0 Å². The van der Waals surface area contributed by atoms with Crippen molar-refractivity contribution >= 4 is 11.8 Å². The lowest BCUT2D eigenvalue weighted by atomic mass is 9.49. The summed E-state index contributed by atoms with van der Waals surface area (Å²) in [5.74, 6) is 4.61. The maximum atomic E-state index is 8.95. The van der Waals surface area contributed by atoms with Gasteiger partial charge >= 0.3 is 0 Å². The second-order valence-electron chi connectivity index (χ2n) is 7.36. The molecule has 0 saturated heterocycles. The van der Waals surface area contributed by atoms with E-state index in [0.717, 1.165) is 29.6 Å². The van der Waals surface area contributed by atoms with Gasteiger partial charge in [-0.2, -0.15) is 11.8 Å². The third-order valence-electron chi connectivity index (χ3n) is 5.74. The van der Waals surface area contributed by atoms with Crippen LogP contribution < -0.4 is 0 Å². The van der Waals surface area contributed by atoms with E-state index in [0.29, 0.717) is 11.9 Å². The third kappa shape index (κ3) is 2.75. The smallest absolute Gasteiger partial charge is 0.0441 e. The second kappa shape index (κ2) is 5.36. The summed E-state index contributed by atoms with van der Waals surface area (Å²) in [5.41, 5.74) is 0.751. The average Bonchev–Trinajstić information content (AvgIpc) is 2.26. The van der Waals surface area contributed by atoms with Crippen molar-refractivity contribution in [1.82, 2.24) is 0 Å². The Bertz CT molecular complexity index is 254. The van der Waals surface area contributed by atoms with Gasteiger partial charge in [-0.15, -0.1) is 0 Å². The van der Waals surface area contributed by atoms with E-state index in [4.69, 9.17) is 5.11 Å². The number of aliphatic hydroxyl groups is 1. The topological polar surface area (TPSA) is 20.2 Å². The van der Waals surface area contributed by atoms with Gasteiger partial charge < -0.3 is 5.11 Å². The predicted octanol–water partition coefficient (Wildman–Crippen LogP) is 4.10. The summed E-state index contributed by atoms with van der Waals surface area (Å²) in [4.78, 5) is 0. The molecule has 1 unspecified atom stereocenters. The van der Waals surface area contributed by atoms with Crippen molar-refractivity contribution in [2.45, 2.75) is 63.5 Å². The number of rotatable bonds is 6. The van der Waals surface area contributed by atoms with Crippen LogP contribution in [0, 0.1) is 23.2 Å². The van der Waals surface area contributed by atoms with E-state index in [1.165, 1.54) is 12.2 Å². The second-order valence-corrected chi connectivity index (χ2v) is 8.91. The predicted molar refractivity (Wildman–Crippen MR) is 78.8 cm³/mol. The monoisotopic (exact) mass is 268 g/mol. The molecular formula is C16H28OS. The fraction of sp³-hybridized carbons (Fsp3) is 1.00. The van der Waals surface area contributed by atoms with Crippen LogP contribution in [0.2, 0.25) is 0 Å². The van der Waals surface area contributed by atoms with Crippen LogP contribution in [0.4, 0.5) is 0 Å². The van der Waals surface area contributed by atoms with Crippen LogP contribution >= 0.6 is 11.8 Å². The maximum absolute atomic E-state index is 8.95. The Hall–Kier alpha value is 0.310. The maximum Gasteiger partial charge on any atom is 0.0441 e. The minimum atomic E-state index is 0.353. The van der Waals surface area contributed by atoms with Crippen LogP contribution in [0.25, 0.3) is 0 Å². The fourth-order valence-electron chi connectivity index (χ4n) is 5.34. The SMILES string of the molecule is CC(CCO)SCCC12CC3CC(CC(C3)C1)C2. The summed E-state index contributed by atoms with van der Waals surface area (Å²) in [6.45, 7) is 2.62. The number of hydrogen-bond donors (Lipinski definition) is 1. The number of aliphatic hydroxyl groups excluding tert-OH is 1. The first-order chi connectivity index (χ1) is 8.69. The van der Waals surface area contributed by atoms with Gasteiger partial charge in [0.05, 0.1) is 0 Å². The normalized spacial score (nSPS) is 43.3. The lowest BCUT2D eigenvalue weighted by Gasteiger charge is -2.57. The Labute approximate surface area is 116 Å². The molecule has 0 radical (unpaired) electrons. The number of hydrogen-bond acceptors (Lipinski definition) is 2. The molecule has 1 N–H and O–H groups in total. The lowest BCUT2D eigenvalue weighted by Crippen LogP contribution is -2.46. The first-order valence-corrected chi connectivity index (χ1v) is 8.96. The van der Waals surface area contributed by atoms with Crippen molar-refractivity contribution < 1.29 is 5.11 Å². The highest BCUT2D eigenvalue weighted by Crippen LogP contribution is 2.61. The lowest BCUT2D eigenvalue weighted by molar-refractivity contribution is -0.0538. The average molecular weight is 268 g/mol. The summed E-state index contributed by atoms with van der Waals surface area (Å²) in [6.07, 6.45) is 11.8. The molecule has 0 aromatic rings. The molecule has 4 fully saturated rings. The molecular weight excluding hydrogens is 240 g/mol. The fourth-order valence-corrected chi connectivity index (χ4v) is 6.56. The Balaban J connectivity index is 1.50. The zero-order chi connectivity index (χ0) is 12.6. The first kappa shape index (κ1) is 13.3. The molecule has 4 aliphatic carbocycles. The Kier molecular flexibility index (Phi) is 3.96. The summed E-state index contributed by atoms with van der Waals surface area (Å²) in [7, 11) is 0. The first-order valence-electron chi connectivity index (χ1n) is 7.91. The van der Waals surface area contributed by atoms with E-state index >= 15 is 0 Å². The highest BCUT2D eigenvalue weighted by Gasteiger charge is 2.50. The van der Waals surface area contributed by atoms with Crippen LogP contribution in [-0.2, 0) is 0 Å². The zero-order valence-corrected chi connectivity index (χ0v) is 12.6. The van der Waals surface area contributed by atoms with Gasteiger partial charge in [0.15, 0.2) is 0 Å². The molecule has 0 heterocycles. The molecule has 0 aliphatic heterocycles. The molecule has 0 amide bonds. The van der Waals surface area contributed by atoms with Crippen molar-refractivity contribution in [1.29, 1.82) is 0 Å². The van der Waals surface area contributed by atoms with Crippen molar-refractivity contribution in [2.75, 3.05) is 12.4 Å². The van der Waals surface area contributed by atoms with E-state index in [-0.39, 0.29) is 0 Å². The molecule has 4 aliphatic rings. The number of thioether (sulfide) groups is 1. The van der Waals surface area contributed by atoms with E-state index in [2.05, 4.69) is 18.7 Å². The van der Waals surface area contributed by atoms with E-state index < -0.39 is 0 Å². The molecule has 0 aromatic carbocycles. The van der Waals surface area contributed by atoms with Gasteiger partial charge in [0.2, 0.25) is 0 Å². The zero-order valence-electron chi connectivity index (χ0n) is 11.7. The van der Waals surface area contributed by atoms with Crippen LogP contribution in [0.15, 0.2) is 0 Å². The quantitative estimate of drug-likeness (QED) is 0.782. The molecule has 0 spiro atoms. The van der Waals surface area contributed by atoms with Gasteiger partial charge in [0.25, 0.3) is 0 Å². The summed E-state index contributed by atoms with van der Waals surface area (Å²) < 4.78 is 0. The minimum Gasteiger partial charge on any atom is -0.396 e. The largest absolute Gasteiger partial charge is 0.396 e. The van der Waals surface area contributed by atoms with E-state index in [9.17, 15) is 0 Å². The molecule has 4 rings (SSSR count). The minimum absolute atomic E-state index is 0.353. The van der Waals surface area contributed by atoms with Crippen molar-refractivity contribution in [3.8, 4) is 0 Å². The van der Waals surface area contributed by atoms with Crippen molar-refractivity contribution in [3.63, 3.8) is 0 Å². The summed E-state index contributed by atoms with van der Waals surface area (Å²) in [6, 6.07) is 0. The Morgan fingerprint density at radius 2 is 1.67 bits per heavy atom. The van der Waals surface area contributed by atoms with Crippen LogP contribution in [0.3, 0.4) is 0 Å². The molecule has 4 bridgehead atoms. The van der Waals surface area contributed by atoms with Gasteiger partial charge in [-0.3, -0.25) is 0 Å². The molecule has 104 valence electrons. The summed E-state index contributed by atoms with van der Waals surface area (Å²) >= 11 is 2.09. The molecule has 4 saturated carbocycles. The van der Waals surface area contributed by atoms with Crippen LogP contribution in [-0.4, -0.2) is 22.7 Å². The Morgan fingerprint density at radius 1 is 1.11 bits per heavy atom. The molecule has 0 aromatic heterocycles. The van der Waals surface area contributed by atoms with E-state index in [1.54, 1.807) is 38.5 Å². The Morgan fingerprint density at radius 3 is 2.17 bits per heavy atom. The summed E-state index contributed by atoms with van der Waals surface area (Å²) in [5, 5.41) is 9.60. The van der Waals surface area contributed by atoms with Gasteiger partial charge in [-0.25, -0.2) is 0 Å². The van der Waals surface area contributed by atoms with Crippen molar-refractivity contribution in [2.24, 2.45) is 23.2 Å². The molecule has 1 nitrogen and oxygen atoms in total. The van der Waals surface area contributed by atoms with E-state index in [1.807, 2.05) is 0 Å². The highest BCUT2D eigenvalue weighted by molar-refractivity contribution is 7.99. The van der Waals surface area contributed by atoms with Gasteiger partial charge in [0, 0.05) is 11.9 Å². The standard InChI is InChI=1S/C16H28OS/c1-12(2-4-17)18-5-3-16-9-13-6-14(10-16)8-15(7-13)11-16/h12-15,17H,2-11H2,1H3. The molecule has 1 atom stereocenters. The highest BCUT2D eigenvalue weighted by atomic mass is 32.2. The third-order valence-corrected chi connectivity index (χ3v) is 6.98. The van der Waals surface area contributed by atoms with Crippen LogP contribution in [0.1, 0.15) is 58.3 Å². The molecule has 18 heavy (non-hydrogen) atoms.